The van der Waals surface area contributed by atoms with Crippen molar-refractivity contribution >= 4 is 8.07 Å². The highest BCUT2D eigenvalue weighted by atomic mass is 28.3. The largest absolute Gasteiger partial charge is 0.396 e. The Morgan fingerprint density at radius 1 is 1.18 bits per heavy atom. The number of aliphatic hydroxyl groups excluding tert-OH is 1. The summed E-state index contributed by atoms with van der Waals surface area (Å²) in [7, 11) is -1.09. The summed E-state index contributed by atoms with van der Waals surface area (Å²) in [5.74, 6) is 0. The first-order valence-corrected chi connectivity index (χ1v) is 7.63. The molecule has 0 aromatic heterocycles. The van der Waals surface area contributed by atoms with Gasteiger partial charge in [-0.2, -0.15) is 0 Å². The predicted molar refractivity (Wildman–Crippen MR) is 53.7 cm³/mol. The topological polar surface area (TPSA) is 20.2 Å². The van der Waals surface area contributed by atoms with E-state index in [1.54, 1.807) is 0 Å². The molecular weight excluding hydrogens is 152 g/mol. The quantitative estimate of drug-likeness (QED) is 0.652. The average molecular weight is 174 g/mol. The Balaban J connectivity index is 4.00. The van der Waals surface area contributed by atoms with Gasteiger partial charge in [-0.1, -0.05) is 39.9 Å². The summed E-state index contributed by atoms with van der Waals surface area (Å²) in [6.45, 7) is 12.1. The van der Waals surface area contributed by atoms with E-state index in [0.29, 0.717) is 11.6 Å². The summed E-state index contributed by atoms with van der Waals surface area (Å²) in [5, 5.41) is 9.19. The molecule has 0 bridgehead atoms. The monoisotopic (exact) mass is 174 g/mol. The van der Waals surface area contributed by atoms with Crippen molar-refractivity contribution in [3.8, 4) is 0 Å². The van der Waals surface area contributed by atoms with Gasteiger partial charge in [-0.15, -0.1) is 0 Å². The van der Waals surface area contributed by atoms with Gasteiger partial charge < -0.3 is 5.11 Å². The molecule has 0 saturated carbocycles. The molecule has 0 fully saturated rings. The third kappa shape index (κ3) is 3.39. The van der Waals surface area contributed by atoms with Crippen LogP contribution in [0.5, 0.6) is 0 Å². The molecule has 0 amide bonds. The van der Waals surface area contributed by atoms with Gasteiger partial charge in [0.25, 0.3) is 0 Å². The Morgan fingerprint density at radius 3 is 1.91 bits per heavy atom. The van der Waals surface area contributed by atoms with Gasteiger partial charge in [0.2, 0.25) is 0 Å². The van der Waals surface area contributed by atoms with Crippen LogP contribution in [0.2, 0.25) is 24.2 Å². The van der Waals surface area contributed by atoms with E-state index in [1.165, 1.54) is 6.04 Å². The highest BCUT2D eigenvalue weighted by Crippen LogP contribution is 2.39. The van der Waals surface area contributed by atoms with Crippen LogP contribution in [0.15, 0.2) is 0 Å². The highest BCUT2D eigenvalue weighted by Gasteiger charge is 2.33. The van der Waals surface area contributed by atoms with Crippen LogP contribution < -0.4 is 0 Å². The molecule has 0 spiro atoms. The van der Waals surface area contributed by atoms with E-state index in [9.17, 15) is 0 Å². The van der Waals surface area contributed by atoms with Crippen LogP contribution in [0.4, 0.5) is 0 Å². The lowest BCUT2D eigenvalue weighted by Crippen LogP contribution is -2.36. The van der Waals surface area contributed by atoms with E-state index in [1.807, 2.05) is 0 Å². The summed E-state index contributed by atoms with van der Waals surface area (Å²) < 4.78 is 0. The van der Waals surface area contributed by atoms with Crippen LogP contribution in [0, 0.1) is 0 Å². The van der Waals surface area contributed by atoms with Crippen LogP contribution in [-0.4, -0.2) is 19.8 Å². The lowest BCUT2D eigenvalue weighted by molar-refractivity contribution is 0.294. The smallest absolute Gasteiger partial charge is 0.0528 e. The van der Waals surface area contributed by atoms with Crippen molar-refractivity contribution in [3.63, 3.8) is 0 Å². The molecule has 0 heterocycles. The zero-order valence-corrected chi connectivity index (χ0v) is 9.57. The van der Waals surface area contributed by atoms with Gasteiger partial charge in [0.15, 0.2) is 0 Å². The van der Waals surface area contributed by atoms with E-state index in [2.05, 4.69) is 33.9 Å². The van der Waals surface area contributed by atoms with Crippen LogP contribution in [0.3, 0.4) is 0 Å². The molecule has 0 aliphatic rings. The minimum atomic E-state index is -1.09. The lowest BCUT2D eigenvalue weighted by Gasteiger charge is -2.36. The molecule has 2 heteroatoms. The first-order valence-electron chi connectivity index (χ1n) is 4.42. The number of hydrogen-bond acceptors (Lipinski definition) is 1. The fourth-order valence-corrected chi connectivity index (χ4v) is 2.69. The first-order chi connectivity index (χ1) is 4.81. The maximum absolute atomic E-state index is 8.72. The van der Waals surface area contributed by atoms with Gasteiger partial charge in [-0.3, -0.25) is 0 Å². The second-order valence-electron chi connectivity index (χ2n) is 4.96. The van der Waals surface area contributed by atoms with Crippen LogP contribution in [0.1, 0.15) is 27.2 Å². The lowest BCUT2D eigenvalue weighted by atomic mass is 10.2. The SMILES string of the molecule is CC(C)(C)[Si](C)(C)CCCO. The van der Waals surface area contributed by atoms with Crippen molar-refractivity contribution in [2.45, 2.75) is 51.4 Å². The molecular formula is C9H22OSi. The van der Waals surface area contributed by atoms with Gasteiger partial charge >= 0.3 is 0 Å². The van der Waals surface area contributed by atoms with E-state index >= 15 is 0 Å². The molecule has 0 rings (SSSR count). The van der Waals surface area contributed by atoms with Crippen LogP contribution >= 0.6 is 0 Å². The maximum atomic E-state index is 8.72. The molecule has 0 aliphatic heterocycles. The second kappa shape index (κ2) is 3.72. The third-order valence-electron chi connectivity index (χ3n) is 2.99. The average Bonchev–Trinajstić information content (AvgIpc) is 1.81. The summed E-state index contributed by atoms with van der Waals surface area (Å²) >= 11 is 0. The van der Waals surface area contributed by atoms with Crippen molar-refractivity contribution in [2.75, 3.05) is 6.61 Å². The Kier molecular flexibility index (Phi) is 3.78. The Labute approximate surface area is 71.8 Å². The summed E-state index contributed by atoms with van der Waals surface area (Å²) in [4.78, 5) is 0. The summed E-state index contributed by atoms with van der Waals surface area (Å²) in [5.41, 5.74) is 0. The number of rotatable bonds is 3. The fraction of sp³-hybridized carbons (Fsp3) is 1.00. The van der Waals surface area contributed by atoms with Crippen LogP contribution in [-0.2, 0) is 0 Å². The van der Waals surface area contributed by atoms with Gasteiger partial charge in [0.05, 0.1) is 8.07 Å². The molecule has 11 heavy (non-hydrogen) atoms. The van der Waals surface area contributed by atoms with Crippen LogP contribution in [0.25, 0.3) is 0 Å². The molecule has 0 aromatic carbocycles. The fourth-order valence-electron chi connectivity index (χ4n) is 0.896. The van der Waals surface area contributed by atoms with Gasteiger partial charge in [-0.25, -0.2) is 0 Å². The molecule has 0 atom stereocenters. The van der Waals surface area contributed by atoms with Crippen molar-refractivity contribution < 1.29 is 5.11 Å². The minimum Gasteiger partial charge on any atom is -0.396 e. The Morgan fingerprint density at radius 2 is 1.64 bits per heavy atom. The zero-order chi connectivity index (χ0) is 9.12. The number of aliphatic hydroxyl groups is 1. The summed E-state index contributed by atoms with van der Waals surface area (Å²) in [6, 6.07) is 1.24. The van der Waals surface area contributed by atoms with Gasteiger partial charge in [0.1, 0.15) is 0 Å². The normalized spacial score (nSPS) is 13.6. The van der Waals surface area contributed by atoms with E-state index in [0.717, 1.165) is 6.42 Å². The Hall–Kier alpha value is 0.177. The predicted octanol–water partition coefficient (Wildman–Crippen LogP) is 2.88. The minimum absolute atomic E-state index is 0.354. The maximum Gasteiger partial charge on any atom is 0.0528 e. The van der Waals surface area contributed by atoms with E-state index < -0.39 is 8.07 Å². The van der Waals surface area contributed by atoms with Crippen molar-refractivity contribution in [1.29, 1.82) is 0 Å². The molecule has 0 aromatic rings. The van der Waals surface area contributed by atoms with Crippen molar-refractivity contribution in [3.05, 3.63) is 0 Å². The van der Waals surface area contributed by atoms with Gasteiger partial charge in [0, 0.05) is 6.61 Å². The molecule has 68 valence electrons. The van der Waals surface area contributed by atoms with E-state index in [-0.39, 0.29) is 0 Å². The summed E-state index contributed by atoms with van der Waals surface area (Å²) in [6.07, 6.45) is 0.983. The third-order valence-corrected chi connectivity index (χ3v) is 8.65. The molecule has 1 N–H and O–H groups in total. The molecule has 1 nitrogen and oxygen atoms in total. The van der Waals surface area contributed by atoms with Crippen molar-refractivity contribution in [2.24, 2.45) is 0 Å². The van der Waals surface area contributed by atoms with Gasteiger partial charge in [-0.05, 0) is 11.5 Å². The number of hydrogen-bond donors (Lipinski definition) is 1. The molecule has 0 saturated heterocycles. The van der Waals surface area contributed by atoms with E-state index in [4.69, 9.17) is 5.11 Å². The molecule has 0 aliphatic carbocycles. The standard InChI is InChI=1S/C9H22OSi/c1-9(2,3)11(4,5)8-6-7-10/h10H,6-8H2,1-5H3. The molecule has 0 unspecified atom stereocenters. The molecule has 0 radical (unpaired) electrons. The Bertz CT molecular complexity index is 113. The first kappa shape index (κ1) is 11.2. The van der Waals surface area contributed by atoms with Crippen molar-refractivity contribution in [1.82, 2.24) is 0 Å². The second-order valence-corrected chi connectivity index (χ2v) is 10.7. The highest BCUT2D eigenvalue weighted by molar-refractivity contribution is 6.80. The zero-order valence-electron chi connectivity index (χ0n) is 8.57.